The molecule has 1 saturated carbocycles. The first-order chi connectivity index (χ1) is 10.6. The molecule has 0 bridgehead atoms. The normalized spacial score (nSPS) is 24.3. The highest BCUT2D eigenvalue weighted by Gasteiger charge is 2.59. The summed E-state index contributed by atoms with van der Waals surface area (Å²) in [6.45, 7) is 19.2. The van der Waals surface area contributed by atoms with E-state index < -0.39 is 0 Å². The first-order valence-electron chi connectivity index (χ1n) is 8.71. The molecule has 4 nitrogen and oxygen atoms in total. The monoisotopic (exact) mass is 321 g/mol. The van der Waals surface area contributed by atoms with E-state index in [1.165, 1.54) is 0 Å². The fourth-order valence-corrected chi connectivity index (χ4v) is 3.65. The summed E-state index contributed by atoms with van der Waals surface area (Å²) in [5, 5.41) is 3.15. The number of carbonyl (C=O) groups excluding carboxylic acids is 1. The van der Waals surface area contributed by atoms with Gasteiger partial charge in [-0.1, -0.05) is 62.3 Å². The predicted octanol–water partition coefficient (Wildman–Crippen LogP) is 4.67. The van der Waals surface area contributed by atoms with Crippen molar-refractivity contribution in [3.63, 3.8) is 0 Å². The van der Waals surface area contributed by atoms with Crippen LogP contribution in [0, 0.1) is 16.7 Å². The number of carbonyl (C=O) groups is 1. The van der Waals surface area contributed by atoms with E-state index in [2.05, 4.69) is 63.8 Å². The van der Waals surface area contributed by atoms with Crippen LogP contribution in [0.2, 0.25) is 0 Å². The summed E-state index contributed by atoms with van der Waals surface area (Å²) in [5.41, 5.74) is 1.50. The lowest BCUT2D eigenvalue weighted by Crippen LogP contribution is -2.69. The minimum Gasteiger partial charge on any atom is -0.347 e. The van der Waals surface area contributed by atoms with Crippen molar-refractivity contribution >= 4 is 5.91 Å². The molecule has 1 amide bonds. The van der Waals surface area contributed by atoms with Crippen molar-refractivity contribution in [1.82, 2.24) is 15.3 Å². The second kappa shape index (κ2) is 6.98. The van der Waals surface area contributed by atoms with Gasteiger partial charge < -0.3 is 5.32 Å². The van der Waals surface area contributed by atoms with Gasteiger partial charge in [0.05, 0.1) is 11.9 Å². The van der Waals surface area contributed by atoms with Gasteiger partial charge in [0.15, 0.2) is 0 Å². The van der Waals surface area contributed by atoms with Crippen molar-refractivity contribution in [1.29, 1.82) is 0 Å². The molecule has 1 N–H and O–H groups in total. The van der Waals surface area contributed by atoms with E-state index in [0.717, 1.165) is 5.69 Å². The molecule has 2 rings (SSSR count). The lowest BCUT2D eigenvalue weighted by molar-refractivity contribution is -0.110. The van der Waals surface area contributed by atoms with E-state index in [4.69, 9.17) is 0 Å². The molecule has 0 saturated heterocycles. The van der Waals surface area contributed by atoms with Gasteiger partial charge in [0, 0.05) is 13.7 Å². The molecule has 4 heteroatoms. The molecule has 132 valence electrons. The third-order valence-corrected chi connectivity index (χ3v) is 5.49. The molecule has 1 aromatic rings. The molecule has 1 aliphatic rings. The second-order valence-electron chi connectivity index (χ2n) is 7.75. The van der Waals surface area contributed by atoms with Crippen LogP contribution in [0.3, 0.4) is 0 Å². The Kier molecular flexibility index (Phi) is 5.95. The SMILES string of the molecule is CC.CC(C)c1cnc(C(=O)NC2C(C)(C)C(C)C2(C)C)cn1.[HH]. The minimum atomic E-state index is -0.129. The Hall–Kier alpha value is -1.45. The Morgan fingerprint density at radius 3 is 2.04 bits per heavy atom. The maximum atomic E-state index is 12.4. The molecular formula is C19H35N3O. The van der Waals surface area contributed by atoms with Crippen molar-refractivity contribution in [2.45, 2.75) is 74.3 Å². The standard InChI is InChI=1S/C17H27N3O.C2H6.H2/c1-10(2)12-8-19-13(9-18-12)14(21)20-15-16(4,5)11(3)17(15,6)7;1-2;/h8-11,15H,1-7H3,(H,20,21);1-2H3;1H. The molecule has 0 radical (unpaired) electrons. The highest BCUT2D eigenvalue weighted by Crippen LogP contribution is 2.58. The van der Waals surface area contributed by atoms with E-state index in [9.17, 15) is 4.79 Å². The van der Waals surface area contributed by atoms with Gasteiger partial charge in [0.2, 0.25) is 0 Å². The molecular weight excluding hydrogens is 286 g/mol. The van der Waals surface area contributed by atoms with Crippen LogP contribution >= 0.6 is 0 Å². The van der Waals surface area contributed by atoms with Gasteiger partial charge in [-0.05, 0) is 22.7 Å². The van der Waals surface area contributed by atoms with Crippen LogP contribution in [-0.2, 0) is 0 Å². The Morgan fingerprint density at radius 2 is 1.65 bits per heavy atom. The third-order valence-electron chi connectivity index (χ3n) is 5.49. The van der Waals surface area contributed by atoms with E-state index in [1.54, 1.807) is 12.4 Å². The van der Waals surface area contributed by atoms with Crippen LogP contribution in [0.25, 0.3) is 0 Å². The summed E-state index contributed by atoms with van der Waals surface area (Å²) in [6, 6.07) is 0.152. The minimum absolute atomic E-state index is 0. The van der Waals surface area contributed by atoms with Crippen molar-refractivity contribution in [3.8, 4) is 0 Å². The summed E-state index contributed by atoms with van der Waals surface area (Å²) in [6.07, 6.45) is 3.27. The second-order valence-corrected chi connectivity index (χ2v) is 7.75. The Labute approximate surface area is 143 Å². The fraction of sp³-hybridized carbons (Fsp3) is 0.737. The summed E-state index contributed by atoms with van der Waals surface area (Å²) < 4.78 is 0. The first-order valence-corrected chi connectivity index (χ1v) is 8.71. The summed E-state index contributed by atoms with van der Waals surface area (Å²) in [5.74, 6) is 0.750. The first kappa shape index (κ1) is 19.6. The van der Waals surface area contributed by atoms with Gasteiger partial charge >= 0.3 is 0 Å². The van der Waals surface area contributed by atoms with E-state index >= 15 is 0 Å². The third kappa shape index (κ3) is 3.56. The molecule has 0 unspecified atom stereocenters. The molecule has 0 aliphatic heterocycles. The molecule has 1 aliphatic carbocycles. The largest absolute Gasteiger partial charge is 0.347 e. The number of amides is 1. The summed E-state index contributed by atoms with van der Waals surface area (Å²) in [4.78, 5) is 21.0. The zero-order valence-corrected chi connectivity index (χ0v) is 16.2. The quantitative estimate of drug-likeness (QED) is 0.880. The number of nitrogens with one attached hydrogen (secondary N) is 1. The van der Waals surface area contributed by atoms with Crippen LogP contribution in [0.5, 0.6) is 0 Å². The molecule has 1 heterocycles. The van der Waals surface area contributed by atoms with Crippen molar-refractivity contribution in [2.75, 3.05) is 0 Å². The lowest BCUT2D eigenvalue weighted by atomic mass is 9.45. The van der Waals surface area contributed by atoms with Gasteiger partial charge in [-0.25, -0.2) is 4.98 Å². The number of hydrogen-bond donors (Lipinski definition) is 1. The summed E-state index contributed by atoms with van der Waals surface area (Å²) in [7, 11) is 0. The van der Waals surface area contributed by atoms with Crippen molar-refractivity contribution in [2.24, 2.45) is 16.7 Å². The average Bonchev–Trinajstić information content (AvgIpc) is 2.53. The molecule has 1 aromatic heterocycles. The van der Waals surface area contributed by atoms with Gasteiger partial charge in [-0.3, -0.25) is 9.78 Å². The number of nitrogens with zero attached hydrogens (tertiary/aromatic N) is 2. The number of hydrogen-bond acceptors (Lipinski definition) is 3. The van der Waals surface area contributed by atoms with Crippen molar-refractivity contribution < 1.29 is 6.22 Å². The van der Waals surface area contributed by atoms with Gasteiger partial charge in [0.1, 0.15) is 5.69 Å². The molecule has 0 aromatic carbocycles. The van der Waals surface area contributed by atoms with Crippen LogP contribution in [-0.4, -0.2) is 21.9 Å². The van der Waals surface area contributed by atoms with Gasteiger partial charge in [0.25, 0.3) is 5.91 Å². The van der Waals surface area contributed by atoms with Crippen LogP contribution in [0.4, 0.5) is 0 Å². The number of rotatable bonds is 3. The average molecular weight is 322 g/mol. The molecule has 0 spiro atoms. The Morgan fingerprint density at radius 1 is 1.13 bits per heavy atom. The van der Waals surface area contributed by atoms with Gasteiger partial charge in [-0.2, -0.15) is 0 Å². The number of aromatic nitrogens is 2. The predicted molar refractivity (Wildman–Crippen MR) is 97.6 cm³/mol. The van der Waals surface area contributed by atoms with E-state index in [-0.39, 0.29) is 24.2 Å². The Bertz CT molecular complexity index is 522. The summed E-state index contributed by atoms with van der Waals surface area (Å²) >= 11 is 0. The van der Waals surface area contributed by atoms with Crippen LogP contribution in [0.15, 0.2) is 12.4 Å². The zero-order valence-electron chi connectivity index (χ0n) is 16.2. The lowest BCUT2D eigenvalue weighted by Gasteiger charge is -2.63. The van der Waals surface area contributed by atoms with Crippen molar-refractivity contribution in [3.05, 3.63) is 23.8 Å². The van der Waals surface area contributed by atoms with Gasteiger partial charge in [-0.15, -0.1) is 0 Å². The highest BCUT2D eigenvalue weighted by molar-refractivity contribution is 5.92. The smallest absolute Gasteiger partial charge is 0.271 e. The molecule has 23 heavy (non-hydrogen) atoms. The highest BCUT2D eigenvalue weighted by atomic mass is 16.2. The zero-order chi connectivity index (χ0) is 18.0. The topological polar surface area (TPSA) is 54.9 Å². The maximum Gasteiger partial charge on any atom is 0.271 e. The van der Waals surface area contributed by atoms with Crippen LogP contribution in [0.1, 0.15) is 85.8 Å². The van der Waals surface area contributed by atoms with E-state index in [1.807, 2.05) is 13.8 Å². The maximum absolute atomic E-state index is 12.4. The fourth-order valence-electron chi connectivity index (χ4n) is 3.65. The molecule has 0 atom stereocenters. The molecule has 1 fully saturated rings. The van der Waals surface area contributed by atoms with Crippen LogP contribution < -0.4 is 5.32 Å². The van der Waals surface area contributed by atoms with E-state index in [0.29, 0.717) is 17.5 Å². The Balaban J connectivity index is 0.00000170.